The first kappa shape index (κ1) is 20.9. The topological polar surface area (TPSA) is 70.2 Å². The molecule has 6 nitrogen and oxygen atoms in total. The zero-order chi connectivity index (χ0) is 14.2. The molecule has 2 heterocycles. The normalized spacial score (nSPS) is 16.6. The van der Waals surface area contributed by atoms with Gasteiger partial charge in [-0.05, 0) is 45.0 Å². The van der Waals surface area contributed by atoms with Crippen LogP contribution in [0.25, 0.3) is 0 Å². The number of carbonyl (C=O) groups is 1. The molecule has 1 saturated heterocycles. The van der Waals surface area contributed by atoms with Crippen LogP contribution in [0.4, 0.5) is 5.82 Å². The van der Waals surface area contributed by atoms with Gasteiger partial charge in [0.05, 0.1) is 0 Å². The summed E-state index contributed by atoms with van der Waals surface area (Å²) in [6, 6.07) is 4.20. The molecule has 8 heteroatoms. The Kier molecular flexibility index (Phi) is 10.9. The second-order valence-corrected chi connectivity index (χ2v) is 5.08. The van der Waals surface area contributed by atoms with Crippen LogP contribution in [0, 0.1) is 0 Å². The lowest BCUT2D eigenvalue weighted by molar-refractivity contribution is -0.121. The van der Waals surface area contributed by atoms with Crippen LogP contribution in [0.5, 0.6) is 0 Å². The first-order valence-electron chi connectivity index (χ1n) is 7.27. The maximum atomic E-state index is 11.7. The van der Waals surface area contributed by atoms with Gasteiger partial charge in [0.25, 0.3) is 0 Å². The van der Waals surface area contributed by atoms with Gasteiger partial charge in [0, 0.05) is 31.7 Å². The van der Waals surface area contributed by atoms with E-state index < -0.39 is 0 Å². The number of amides is 1. The number of anilines is 1. The van der Waals surface area contributed by atoms with E-state index in [0.29, 0.717) is 19.0 Å². The quantitative estimate of drug-likeness (QED) is 0.728. The van der Waals surface area contributed by atoms with E-state index in [1.807, 2.05) is 19.2 Å². The SMILES string of the molecule is CNCCCC(=O)NCC1CCCN1c1cccnn1.Cl.Cl. The van der Waals surface area contributed by atoms with Crippen molar-refractivity contribution < 1.29 is 4.79 Å². The molecule has 1 aliphatic heterocycles. The lowest BCUT2D eigenvalue weighted by atomic mass is 10.2. The van der Waals surface area contributed by atoms with Gasteiger partial charge < -0.3 is 15.5 Å². The Hall–Kier alpha value is -1.11. The zero-order valence-electron chi connectivity index (χ0n) is 12.8. The van der Waals surface area contributed by atoms with Crippen LogP contribution in [0.3, 0.4) is 0 Å². The molecule has 1 atom stereocenters. The highest BCUT2D eigenvalue weighted by Gasteiger charge is 2.25. The summed E-state index contributed by atoms with van der Waals surface area (Å²) in [6.07, 6.45) is 5.36. The van der Waals surface area contributed by atoms with Gasteiger partial charge in [-0.1, -0.05) is 0 Å². The Balaban J connectivity index is 0.00000220. The van der Waals surface area contributed by atoms with E-state index in [1.165, 1.54) is 0 Å². The number of aromatic nitrogens is 2. The summed E-state index contributed by atoms with van der Waals surface area (Å²) in [6.45, 7) is 2.55. The van der Waals surface area contributed by atoms with Crippen molar-refractivity contribution in [1.82, 2.24) is 20.8 Å². The molecule has 0 bridgehead atoms. The Bertz CT molecular complexity index is 421. The number of carbonyl (C=O) groups excluding carboxylic acids is 1. The van der Waals surface area contributed by atoms with Crippen molar-refractivity contribution in [2.45, 2.75) is 31.7 Å². The number of hydrogen-bond donors (Lipinski definition) is 2. The van der Waals surface area contributed by atoms with Gasteiger partial charge in [0.15, 0.2) is 5.82 Å². The molecule has 126 valence electrons. The van der Waals surface area contributed by atoms with E-state index in [2.05, 4.69) is 25.7 Å². The number of nitrogens with zero attached hydrogens (tertiary/aromatic N) is 3. The van der Waals surface area contributed by atoms with Crippen LogP contribution in [0.15, 0.2) is 18.3 Å². The standard InChI is InChI=1S/C14H23N5O.2ClH/c1-15-8-3-7-14(20)16-11-12-5-4-10-19(12)13-6-2-9-17-18-13;;/h2,6,9,12,15H,3-5,7-8,10-11H2,1H3,(H,16,20);2*1H. The van der Waals surface area contributed by atoms with Crippen molar-refractivity contribution in [1.29, 1.82) is 0 Å². The second kappa shape index (κ2) is 11.5. The van der Waals surface area contributed by atoms with Crippen LogP contribution < -0.4 is 15.5 Å². The largest absolute Gasteiger partial charge is 0.354 e. The third-order valence-electron chi connectivity index (χ3n) is 3.60. The van der Waals surface area contributed by atoms with E-state index >= 15 is 0 Å². The number of hydrogen-bond acceptors (Lipinski definition) is 5. The number of nitrogens with one attached hydrogen (secondary N) is 2. The van der Waals surface area contributed by atoms with Crippen LogP contribution >= 0.6 is 24.8 Å². The zero-order valence-corrected chi connectivity index (χ0v) is 14.5. The molecular formula is C14H25Cl2N5O. The maximum absolute atomic E-state index is 11.7. The first-order chi connectivity index (χ1) is 9.81. The second-order valence-electron chi connectivity index (χ2n) is 5.08. The van der Waals surface area contributed by atoms with E-state index in [9.17, 15) is 4.79 Å². The van der Waals surface area contributed by atoms with Crippen molar-refractivity contribution in [3.8, 4) is 0 Å². The van der Waals surface area contributed by atoms with Crippen molar-refractivity contribution in [2.24, 2.45) is 0 Å². The third kappa shape index (κ3) is 6.34. The molecule has 0 aliphatic carbocycles. The summed E-state index contributed by atoms with van der Waals surface area (Å²) in [5.74, 6) is 1.03. The average molecular weight is 350 g/mol. The van der Waals surface area contributed by atoms with Gasteiger partial charge in [-0.3, -0.25) is 4.79 Å². The molecule has 1 unspecified atom stereocenters. The first-order valence-corrected chi connectivity index (χ1v) is 7.27. The predicted octanol–water partition coefficient (Wildman–Crippen LogP) is 1.40. The van der Waals surface area contributed by atoms with Crippen LogP contribution in [-0.2, 0) is 4.79 Å². The van der Waals surface area contributed by atoms with E-state index in [4.69, 9.17) is 0 Å². The fraction of sp³-hybridized carbons (Fsp3) is 0.643. The molecule has 2 rings (SSSR count). The summed E-state index contributed by atoms with van der Waals surface area (Å²) in [5, 5.41) is 14.1. The van der Waals surface area contributed by atoms with Crippen molar-refractivity contribution in [2.75, 3.05) is 31.6 Å². The van der Waals surface area contributed by atoms with E-state index in [0.717, 1.165) is 38.2 Å². The molecule has 0 spiro atoms. The summed E-state index contributed by atoms with van der Waals surface area (Å²) in [7, 11) is 1.90. The van der Waals surface area contributed by atoms with Crippen LogP contribution in [0.2, 0.25) is 0 Å². The smallest absolute Gasteiger partial charge is 0.220 e. The third-order valence-corrected chi connectivity index (χ3v) is 3.60. The van der Waals surface area contributed by atoms with Gasteiger partial charge in [-0.2, -0.15) is 5.10 Å². The Morgan fingerprint density at radius 1 is 1.45 bits per heavy atom. The lowest BCUT2D eigenvalue weighted by Gasteiger charge is -2.25. The highest BCUT2D eigenvalue weighted by molar-refractivity contribution is 5.85. The molecule has 0 radical (unpaired) electrons. The molecule has 0 saturated carbocycles. The molecule has 22 heavy (non-hydrogen) atoms. The Morgan fingerprint density at radius 3 is 2.95 bits per heavy atom. The number of rotatable bonds is 7. The van der Waals surface area contributed by atoms with Gasteiger partial charge >= 0.3 is 0 Å². The molecule has 0 aromatic carbocycles. The molecule has 1 amide bonds. The molecule has 1 aromatic rings. The van der Waals surface area contributed by atoms with Crippen molar-refractivity contribution >= 4 is 36.5 Å². The minimum absolute atomic E-state index is 0. The fourth-order valence-electron chi connectivity index (χ4n) is 2.54. The van der Waals surface area contributed by atoms with E-state index in [-0.39, 0.29) is 30.7 Å². The van der Waals surface area contributed by atoms with Crippen LogP contribution in [0.1, 0.15) is 25.7 Å². The lowest BCUT2D eigenvalue weighted by Crippen LogP contribution is -2.40. The van der Waals surface area contributed by atoms with E-state index in [1.54, 1.807) is 6.20 Å². The molecule has 1 fully saturated rings. The van der Waals surface area contributed by atoms with Gasteiger partial charge in [0.2, 0.25) is 5.91 Å². The Morgan fingerprint density at radius 2 is 2.27 bits per heavy atom. The fourth-order valence-corrected chi connectivity index (χ4v) is 2.54. The molecular weight excluding hydrogens is 325 g/mol. The Labute approximate surface area is 144 Å². The number of halogens is 2. The molecule has 1 aliphatic rings. The highest BCUT2D eigenvalue weighted by atomic mass is 35.5. The monoisotopic (exact) mass is 349 g/mol. The van der Waals surface area contributed by atoms with Crippen LogP contribution in [-0.4, -0.2) is 48.8 Å². The van der Waals surface area contributed by atoms with Gasteiger partial charge in [0.1, 0.15) is 0 Å². The minimum atomic E-state index is 0. The average Bonchev–Trinajstić information content (AvgIpc) is 2.95. The minimum Gasteiger partial charge on any atom is -0.354 e. The van der Waals surface area contributed by atoms with Crippen molar-refractivity contribution in [3.05, 3.63) is 18.3 Å². The summed E-state index contributed by atoms with van der Waals surface area (Å²) in [5.41, 5.74) is 0. The van der Waals surface area contributed by atoms with Gasteiger partial charge in [-0.15, -0.1) is 29.9 Å². The summed E-state index contributed by atoms with van der Waals surface area (Å²) in [4.78, 5) is 14.0. The highest BCUT2D eigenvalue weighted by Crippen LogP contribution is 2.22. The summed E-state index contributed by atoms with van der Waals surface area (Å²) < 4.78 is 0. The maximum Gasteiger partial charge on any atom is 0.220 e. The predicted molar refractivity (Wildman–Crippen MR) is 93.1 cm³/mol. The molecule has 1 aromatic heterocycles. The summed E-state index contributed by atoms with van der Waals surface area (Å²) >= 11 is 0. The molecule has 2 N–H and O–H groups in total. The van der Waals surface area contributed by atoms with Crippen molar-refractivity contribution in [3.63, 3.8) is 0 Å². The van der Waals surface area contributed by atoms with Gasteiger partial charge in [-0.25, -0.2) is 0 Å².